The van der Waals surface area contributed by atoms with Crippen molar-refractivity contribution in [2.45, 2.75) is 12.8 Å². The van der Waals surface area contributed by atoms with E-state index in [0.717, 1.165) is 0 Å². The zero-order chi connectivity index (χ0) is 6.57. The van der Waals surface area contributed by atoms with Gasteiger partial charge in [0.2, 0.25) is 0 Å². The minimum Gasteiger partial charge on any atom is -0.481 e. The maximum atomic E-state index is 10.1. The summed E-state index contributed by atoms with van der Waals surface area (Å²) in [4.78, 5) is 10.1. The first-order valence-corrected chi connectivity index (χ1v) is 2.62. The predicted molar refractivity (Wildman–Crippen MR) is 33.5 cm³/mol. The SMILES string of the molecule is CBC(NC)C(=O)O. The van der Waals surface area contributed by atoms with E-state index in [9.17, 15) is 4.79 Å². The summed E-state index contributed by atoms with van der Waals surface area (Å²) in [5.74, 6) is -1.16. The van der Waals surface area contributed by atoms with Crippen LogP contribution >= 0.6 is 0 Å². The van der Waals surface area contributed by atoms with E-state index in [1.165, 1.54) is 0 Å². The molecule has 46 valence electrons. The van der Waals surface area contributed by atoms with Crippen LogP contribution in [-0.4, -0.2) is 31.3 Å². The smallest absolute Gasteiger partial charge is 0.312 e. The van der Waals surface area contributed by atoms with Gasteiger partial charge in [-0.1, -0.05) is 6.82 Å². The van der Waals surface area contributed by atoms with E-state index >= 15 is 0 Å². The molecule has 0 radical (unpaired) electrons. The largest absolute Gasteiger partial charge is 0.481 e. The molecule has 0 amide bonds. The lowest BCUT2D eigenvalue weighted by atomic mass is 9.73. The molecule has 0 aromatic carbocycles. The zero-order valence-corrected chi connectivity index (χ0v) is 5.14. The molecule has 0 aromatic heterocycles. The van der Waals surface area contributed by atoms with Gasteiger partial charge in [-0.3, -0.25) is 4.79 Å². The topological polar surface area (TPSA) is 49.3 Å². The number of likely N-dealkylation sites (N-methyl/N-ethyl adjacent to an activating group) is 1. The first-order valence-electron chi connectivity index (χ1n) is 2.62. The Kier molecular flexibility index (Phi) is 3.27. The summed E-state index contributed by atoms with van der Waals surface area (Å²) < 4.78 is 0. The van der Waals surface area contributed by atoms with Gasteiger partial charge in [-0.25, -0.2) is 0 Å². The number of carboxylic acids is 1. The van der Waals surface area contributed by atoms with Gasteiger partial charge in [0.1, 0.15) is 0 Å². The van der Waals surface area contributed by atoms with Crippen LogP contribution in [0.15, 0.2) is 0 Å². The molecule has 8 heavy (non-hydrogen) atoms. The molecule has 0 fully saturated rings. The Morgan fingerprint density at radius 3 is 2.38 bits per heavy atom. The molecule has 3 nitrogen and oxygen atoms in total. The van der Waals surface area contributed by atoms with Crippen LogP contribution in [0, 0.1) is 0 Å². The van der Waals surface area contributed by atoms with Gasteiger partial charge in [-0.15, -0.1) is 0 Å². The van der Waals surface area contributed by atoms with Crippen LogP contribution in [0.3, 0.4) is 0 Å². The van der Waals surface area contributed by atoms with E-state index in [0.29, 0.717) is 7.28 Å². The molecule has 0 rings (SSSR count). The van der Waals surface area contributed by atoms with Crippen molar-refractivity contribution in [3.63, 3.8) is 0 Å². The maximum Gasteiger partial charge on any atom is 0.312 e. The number of rotatable bonds is 3. The fourth-order valence-electron chi connectivity index (χ4n) is 0.502. The van der Waals surface area contributed by atoms with Gasteiger partial charge in [0.25, 0.3) is 0 Å². The van der Waals surface area contributed by atoms with E-state index in [-0.39, 0.29) is 5.94 Å². The molecule has 0 aliphatic rings. The summed E-state index contributed by atoms with van der Waals surface area (Å²) in [6.45, 7) is 1.83. The fraction of sp³-hybridized carbons (Fsp3) is 0.750. The lowest BCUT2D eigenvalue weighted by Gasteiger charge is -2.04. The lowest BCUT2D eigenvalue weighted by molar-refractivity contribution is -0.137. The highest BCUT2D eigenvalue weighted by molar-refractivity contribution is 6.41. The van der Waals surface area contributed by atoms with E-state index in [1.54, 1.807) is 7.05 Å². The third-order valence-electron chi connectivity index (χ3n) is 1.05. The standard InChI is InChI=1S/C4H10BNO2/c1-5-3(6-2)4(7)8/h3,5-6H,1-2H3,(H,7,8). The maximum absolute atomic E-state index is 10.1. The summed E-state index contributed by atoms with van der Waals surface area (Å²) >= 11 is 0. The highest BCUT2D eigenvalue weighted by Crippen LogP contribution is 1.76. The third kappa shape index (κ3) is 1.98. The first kappa shape index (κ1) is 7.49. The molecule has 1 unspecified atom stereocenters. The second kappa shape index (κ2) is 3.49. The Bertz CT molecular complexity index is 82.1. The Labute approximate surface area is 49.3 Å². The van der Waals surface area contributed by atoms with Gasteiger partial charge in [0, 0.05) is 0 Å². The van der Waals surface area contributed by atoms with Crippen molar-refractivity contribution in [2.24, 2.45) is 0 Å². The van der Waals surface area contributed by atoms with E-state index in [2.05, 4.69) is 5.32 Å². The monoisotopic (exact) mass is 115 g/mol. The average Bonchev–Trinajstić information content (AvgIpc) is 1.69. The Balaban J connectivity index is 3.52. The lowest BCUT2D eigenvalue weighted by Crippen LogP contribution is -2.37. The van der Waals surface area contributed by atoms with Crippen molar-refractivity contribution in [3.05, 3.63) is 0 Å². The van der Waals surface area contributed by atoms with Crippen molar-refractivity contribution in [3.8, 4) is 0 Å². The number of carboxylic acid groups (broad SMARTS) is 1. The molecule has 0 bridgehead atoms. The van der Waals surface area contributed by atoms with Gasteiger partial charge in [0.15, 0.2) is 7.28 Å². The van der Waals surface area contributed by atoms with Crippen molar-refractivity contribution in [2.75, 3.05) is 7.05 Å². The third-order valence-corrected chi connectivity index (χ3v) is 1.05. The molecule has 0 aliphatic heterocycles. The summed E-state index contributed by atoms with van der Waals surface area (Å²) in [6.07, 6.45) is 0. The van der Waals surface area contributed by atoms with E-state index < -0.39 is 5.97 Å². The minimum absolute atomic E-state index is 0.380. The first-order chi connectivity index (χ1) is 3.72. The minimum atomic E-state index is -0.782. The molecule has 0 heterocycles. The quantitative estimate of drug-likeness (QED) is 0.468. The van der Waals surface area contributed by atoms with Crippen LogP contribution in [0.4, 0.5) is 0 Å². The molecule has 4 heteroatoms. The van der Waals surface area contributed by atoms with Crippen molar-refractivity contribution in [1.82, 2.24) is 5.32 Å². The molecular formula is C4H10BNO2. The molecule has 1 atom stereocenters. The second-order valence-electron chi connectivity index (χ2n) is 1.59. The summed E-state index contributed by atoms with van der Waals surface area (Å²) in [7, 11) is 2.27. The van der Waals surface area contributed by atoms with Crippen molar-refractivity contribution in [1.29, 1.82) is 0 Å². The van der Waals surface area contributed by atoms with E-state index in [4.69, 9.17) is 5.11 Å². The molecule has 0 aromatic rings. The summed E-state index contributed by atoms with van der Waals surface area (Å²) in [6, 6.07) is 0. The number of carbonyl (C=O) groups is 1. The van der Waals surface area contributed by atoms with E-state index in [1.807, 2.05) is 6.82 Å². The molecule has 0 aliphatic carbocycles. The van der Waals surface area contributed by atoms with Crippen LogP contribution in [0.25, 0.3) is 0 Å². The number of hydrogen-bond donors (Lipinski definition) is 2. The number of aliphatic carboxylic acids is 1. The number of hydrogen-bond acceptors (Lipinski definition) is 2. The van der Waals surface area contributed by atoms with Crippen molar-refractivity contribution < 1.29 is 9.90 Å². The molecule has 0 spiro atoms. The molecular weight excluding hydrogens is 105 g/mol. The normalized spacial score (nSPS) is 12.8. The van der Waals surface area contributed by atoms with Crippen molar-refractivity contribution >= 4 is 13.2 Å². The van der Waals surface area contributed by atoms with Gasteiger partial charge < -0.3 is 10.4 Å². The van der Waals surface area contributed by atoms with Crippen LogP contribution in [-0.2, 0) is 4.79 Å². The van der Waals surface area contributed by atoms with Gasteiger partial charge in [-0.05, 0) is 7.05 Å². The Hall–Kier alpha value is -0.505. The van der Waals surface area contributed by atoms with Crippen LogP contribution in [0.2, 0.25) is 6.82 Å². The average molecular weight is 115 g/mol. The molecule has 2 N–H and O–H groups in total. The summed E-state index contributed by atoms with van der Waals surface area (Å²) in [5.41, 5.74) is 0. The fourth-order valence-corrected chi connectivity index (χ4v) is 0.502. The summed E-state index contributed by atoms with van der Waals surface area (Å²) in [5, 5.41) is 11.0. The highest BCUT2D eigenvalue weighted by atomic mass is 16.4. The Morgan fingerprint density at radius 1 is 1.88 bits per heavy atom. The van der Waals surface area contributed by atoms with Crippen LogP contribution < -0.4 is 5.32 Å². The van der Waals surface area contributed by atoms with Gasteiger partial charge in [0.05, 0.1) is 5.94 Å². The Morgan fingerprint density at radius 2 is 2.38 bits per heavy atom. The van der Waals surface area contributed by atoms with Gasteiger partial charge in [-0.2, -0.15) is 0 Å². The second-order valence-corrected chi connectivity index (χ2v) is 1.59. The molecule has 0 saturated carbocycles. The zero-order valence-electron chi connectivity index (χ0n) is 5.14. The van der Waals surface area contributed by atoms with Crippen LogP contribution in [0.1, 0.15) is 0 Å². The van der Waals surface area contributed by atoms with Gasteiger partial charge >= 0.3 is 5.97 Å². The predicted octanol–water partition coefficient (Wildman–Crippen LogP) is -0.899. The van der Waals surface area contributed by atoms with Crippen LogP contribution in [0.5, 0.6) is 0 Å². The highest BCUT2D eigenvalue weighted by Gasteiger charge is 2.10. The number of nitrogens with one attached hydrogen (secondary N) is 1. The molecule has 0 saturated heterocycles.